The van der Waals surface area contributed by atoms with Crippen LogP contribution in [0.4, 0.5) is 4.39 Å². The van der Waals surface area contributed by atoms with Crippen molar-refractivity contribution in [2.24, 2.45) is 0 Å². The number of carbonyl (C=O) groups excluding carboxylic acids is 2. The summed E-state index contributed by atoms with van der Waals surface area (Å²) in [7, 11) is 0. The minimum atomic E-state index is -0.481. The Kier molecular flexibility index (Phi) is 6.37. The van der Waals surface area contributed by atoms with Crippen molar-refractivity contribution in [2.75, 3.05) is 13.1 Å². The minimum Gasteiger partial charge on any atom is -0.472 e. The molecule has 2 heterocycles. The molecule has 1 N–H and O–H groups in total. The van der Waals surface area contributed by atoms with Crippen LogP contribution in [-0.2, 0) is 11.3 Å². The summed E-state index contributed by atoms with van der Waals surface area (Å²) in [6.45, 7) is 4.86. The van der Waals surface area contributed by atoms with Gasteiger partial charge in [0, 0.05) is 44.2 Å². The average Bonchev–Trinajstić information content (AvgIpc) is 2.74. The molecule has 0 aliphatic carbocycles. The van der Waals surface area contributed by atoms with E-state index in [9.17, 15) is 14.0 Å². The third-order valence-electron chi connectivity index (χ3n) is 4.59. The molecule has 2 amide bonds. The Morgan fingerprint density at radius 3 is 2.61 bits per heavy atom. The molecule has 2 aromatic rings. The third kappa shape index (κ3) is 4.94. The number of halogens is 1. The lowest BCUT2D eigenvalue weighted by Crippen LogP contribution is -2.41. The van der Waals surface area contributed by atoms with Gasteiger partial charge in [-0.1, -0.05) is 18.7 Å². The smallest absolute Gasteiger partial charge is 0.253 e. The van der Waals surface area contributed by atoms with Crippen LogP contribution < -0.4 is 10.1 Å². The van der Waals surface area contributed by atoms with E-state index in [1.54, 1.807) is 17.0 Å². The van der Waals surface area contributed by atoms with E-state index < -0.39 is 5.82 Å². The first-order chi connectivity index (χ1) is 13.6. The number of rotatable bonds is 6. The standard InChI is InChI=1S/C21H22FN3O3/c1-2-19(26)24-14-15-5-7-16(8-6-15)21(27)25-12-9-17(10-13-25)28-20-18(22)4-3-11-23-20/h2-8,11,17H,1,9-10,12-14H2,(H,24,26). The number of pyridine rings is 1. The molecular weight excluding hydrogens is 361 g/mol. The Morgan fingerprint density at radius 2 is 1.96 bits per heavy atom. The van der Waals surface area contributed by atoms with Gasteiger partial charge >= 0.3 is 0 Å². The molecule has 0 radical (unpaired) electrons. The topological polar surface area (TPSA) is 71.5 Å². The van der Waals surface area contributed by atoms with Crippen molar-refractivity contribution in [1.82, 2.24) is 15.2 Å². The lowest BCUT2D eigenvalue weighted by atomic mass is 10.1. The van der Waals surface area contributed by atoms with Crippen LogP contribution >= 0.6 is 0 Å². The SMILES string of the molecule is C=CC(=O)NCc1ccc(C(=O)N2CCC(Oc3ncccc3F)CC2)cc1. The molecular formula is C21H22FN3O3. The zero-order valence-corrected chi connectivity index (χ0v) is 15.4. The molecule has 0 atom stereocenters. The summed E-state index contributed by atoms with van der Waals surface area (Å²) in [5, 5.41) is 2.69. The molecule has 1 fully saturated rings. The predicted molar refractivity (Wildman–Crippen MR) is 102 cm³/mol. The van der Waals surface area contributed by atoms with Crippen molar-refractivity contribution < 1.29 is 18.7 Å². The van der Waals surface area contributed by atoms with E-state index in [4.69, 9.17) is 4.74 Å². The Hall–Kier alpha value is -3.22. The van der Waals surface area contributed by atoms with Crippen molar-refractivity contribution >= 4 is 11.8 Å². The van der Waals surface area contributed by atoms with Gasteiger partial charge in [0.05, 0.1) is 0 Å². The number of hydrogen-bond donors (Lipinski definition) is 1. The average molecular weight is 383 g/mol. The number of nitrogens with zero attached hydrogens (tertiary/aromatic N) is 2. The molecule has 7 heteroatoms. The molecule has 1 aromatic heterocycles. The first-order valence-electron chi connectivity index (χ1n) is 9.12. The molecule has 1 saturated heterocycles. The van der Waals surface area contributed by atoms with Crippen LogP contribution in [0.25, 0.3) is 0 Å². The number of hydrogen-bond acceptors (Lipinski definition) is 4. The van der Waals surface area contributed by atoms with E-state index in [0.717, 1.165) is 5.56 Å². The molecule has 1 aromatic carbocycles. The molecule has 3 rings (SSSR count). The Morgan fingerprint density at radius 1 is 1.25 bits per heavy atom. The summed E-state index contributed by atoms with van der Waals surface area (Å²) in [5.41, 5.74) is 1.49. The number of nitrogens with one attached hydrogen (secondary N) is 1. The van der Waals surface area contributed by atoms with Gasteiger partial charge in [-0.05, 0) is 35.9 Å². The number of carbonyl (C=O) groups is 2. The fourth-order valence-corrected chi connectivity index (χ4v) is 3.00. The summed E-state index contributed by atoms with van der Waals surface area (Å²) < 4.78 is 19.3. The maximum Gasteiger partial charge on any atom is 0.253 e. The molecule has 0 unspecified atom stereocenters. The van der Waals surface area contributed by atoms with Crippen LogP contribution in [-0.4, -0.2) is 40.9 Å². The Labute approximate surface area is 163 Å². The third-order valence-corrected chi connectivity index (χ3v) is 4.59. The van der Waals surface area contributed by atoms with Gasteiger partial charge in [0.1, 0.15) is 6.10 Å². The maximum absolute atomic E-state index is 13.6. The van der Waals surface area contributed by atoms with Gasteiger partial charge < -0.3 is 15.0 Å². The number of amides is 2. The summed E-state index contributed by atoms with van der Waals surface area (Å²) in [6, 6.07) is 9.97. The van der Waals surface area contributed by atoms with Gasteiger partial charge in [-0.25, -0.2) is 9.37 Å². The Balaban J connectivity index is 1.51. The largest absolute Gasteiger partial charge is 0.472 e. The molecule has 6 nitrogen and oxygen atoms in total. The molecule has 28 heavy (non-hydrogen) atoms. The summed E-state index contributed by atoms with van der Waals surface area (Å²) in [5.74, 6) is -0.767. The molecule has 1 aliphatic rings. The van der Waals surface area contributed by atoms with E-state index >= 15 is 0 Å². The molecule has 1 aliphatic heterocycles. The van der Waals surface area contributed by atoms with Crippen molar-refractivity contribution in [3.05, 3.63) is 72.2 Å². The number of piperidine rings is 1. The van der Waals surface area contributed by atoms with E-state index in [-0.39, 0.29) is 23.8 Å². The van der Waals surface area contributed by atoms with E-state index in [0.29, 0.717) is 38.0 Å². The van der Waals surface area contributed by atoms with E-state index in [1.165, 1.54) is 24.4 Å². The quantitative estimate of drug-likeness (QED) is 0.779. The van der Waals surface area contributed by atoms with E-state index in [2.05, 4.69) is 16.9 Å². The maximum atomic E-state index is 13.6. The van der Waals surface area contributed by atoms with Crippen molar-refractivity contribution in [3.8, 4) is 5.88 Å². The van der Waals surface area contributed by atoms with Crippen molar-refractivity contribution in [2.45, 2.75) is 25.5 Å². The van der Waals surface area contributed by atoms with Gasteiger partial charge in [-0.3, -0.25) is 9.59 Å². The zero-order valence-electron chi connectivity index (χ0n) is 15.4. The second-order valence-electron chi connectivity index (χ2n) is 6.52. The highest BCUT2D eigenvalue weighted by molar-refractivity contribution is 5.94. The van der Waals surface area contributed by atoms with Crippen LogP contribution in [0.1, 0.15) is 28.8 Å². The van der Waals surface area contributed by atoms with Gasteiger partial charge in [-0.15, -0.1) is 0 Å². The summed E-state index contributed by atoms with van der Waals surface area (Å²) >= 11 is 0. The monoisotopic (exact) mass is 383 g/mol. The van der Waals surface area contributed by atoms with Crippen LogP contribution in [0.5, 0.6) is 5.88 Å². The summed E-state index contributed by atoms with van der Waals surface area (Å²) in [4.78, 5) is 29.5. The van der Waals surface area contributed by atoms with Gasteiger partial charge in [0.2, 0.25) is 5.91 Å². The molecule has 0 saturated carbocycles. The summed E-state index contributed by atoms with van der Waals surface area (Å²) in [6.07, 6.45) is 3.78. The van der Waals surface area contributed by atoms with Crippen molar-refractivity contribution in [3.63, 3.8) is 0 Å². The fraction of sp³-hybridized carbons (Fsp3) is 0.286. The number of likely N-dealkylation sites (tertiary alicyclic amines) is 1. The van der Waals surface area contributed by atoms with Crippen LogP contribution in [0.2, 0.25) is 0 Å². The molecule has 146 valence electrons. The molecule has 0 spiro atoms. The van der Waals surface area contributed by atoms with Gasteiger partial charge in [-0.2, -0.15) is 0 Å². The zero-order chi connectivity index (χ0) is 19.9. The van der Waals surface area contributed by atoms with Gasteiger partial charge in [0.15, 0.2) is 5.82 Å². The number of ether oxygens (including phenoxy) is 1. The number of benzene rings is 1. The highest BCUT2D eigenvalue weighted by atomic mass is 19.1. The first-order valence-corrected chi connectivity index (χ1v) is 9.12. The minimum absolute atomic E-state index is 0.00594. The van der Waals surface area contributed by atoms with E-state index in [1.807, 2.05) is 12.1 Å². The predicted octanol–water partition coefficient (Wildman–Crippen LogP) is 2.71. The highest BCUT2D eigenvalue weighted by Gasteiger charge is 2.25. The second-order valence-corrected chi connectivity index (χ2v) is 6.52. The van der Waals surface area contributed by atoms with Crippen LogP contribution in [0, 0.1) is 5.82 Å². The lowest BCUT2D eigenvalue weighted by molar-refractivity contribution is -0.116. The van der Waals surface area contributed by atoms with Crippen molar-refractivity contribution in [1.29, 1.82) is 0 Å². The second kappa shape index (κ2) is 9.12. The fourth-order valence-electron chi connectivity index (χ4n) is 3.00. The van der Waals surface area contributed by atoms with Crippen LogP contribution in [0.15, 0.2) is 55.3 Å². The van der Waals surface area contributed by atoms with Gasteiger partial charge in [0.25, 0.3) is 11.8 Å². The Bertz CT molecular complexity index is 846. The number of aromatic nitrogens is 1. The normalized spacial score (nSPS) is 14.4. The first kappa shape index (κ1) is 19.5. The van der Waals surface area contributed by atoms with Crippen LogP contribution in [0.3, 0.4) is 0 Å². The molecule has 0 bridgehead atoms. The highest BCUT2D eigenvalue weighted by Crippen LogP contribution is 2.20. The lowest BCUT2D eigenvalue weighted by Gasteiger charge is -2.32.